The summed E-state index contributed by atoms with van der Waals surface area (Å²) in [5.74, 6) is 0.677. The number of ether oxygens (including phenoxy) is 1. The number of fused-ring (bicyclic) bond motifs is 1. The lowest BCUT2D eigenvalue weighted by Crippen LogP contribution is -2.55. The van der Waals surface area contributed by atoms with Crippen molar-refractivity contribution in [1.29, 1.82) is 0 Å². The van der Waals surface area contributed by atoms with Crippen molar-refractivity contribution in [2.75, 3.05) is 25.1 Å². The maximum Gasteiger partial charge on any atom is 0.226 e. The van der Waals surface area contributed by atoms with Crippen LogP contribution in [0.25, 0.3) is 0 Å². The van der Waals surface area contributed by atoms with E-state index in [9.17, 15) is 4.79 Å². The normalized spacial score (nSPS) is 26.3. The quantitative estimate of drug-likeness (QED) is 0.796. The number of carbonyl (C=O) groups is 1. The summed E-state index contributed by atoms with van der Waals surface area (Å²) < 4.78 is 5.83. The van der Waals surface area contributed by atoms with Crippen LogP contribution in [0.5, 0.6) is 0 Å². The minimum absolute atomic E-state index is 0.212. The number of aromatic nitrogens is 1. The number of hydrogen-bond acceptors (Lipinski definition) is 5. The molecule has 136 valence electrons. The van der Waals surface area contributed by atoms with Gasteiger partial charge >= 0.3 is 0 Å². The van der Waals surface area contributed by atoms with Crippen molar-refractivity contribution in [1.82, 2.24) is 10.3 Å². The molecule has 2 aromatic rings. The highest BCUT2D eigenvalue weighted by molar-refractivity contribution is 5.83. The molecule has 3 heterocycles. The molecule has 1 saturated carbocycles. The number of pyridine rings is 1. The van der Waals surface area contributed by atoms with E-state index in [1.165, 1.54) is 0 Å². The first-order valence-electron chi connectivity index (χ1n) is 8.90. The second-order valence-electron chi connectivity index (χ2n) is 7.49. The molecule has 3 aliphatic rings. The number of amides is 1. The summed E-state index contributed by atoms with van der Waals surface area (Å²) >= 11 is 0. The third-order valence-electron chi connectivity index (χ3n) is 5.57. The number of primary amides is 1. The number of nitrogens with two attached hydrogens (primary N) is 1. The lowest BCUT2D eigenvalue weighted by Gasteiger charge is -2.42. The smallest absolute Gasteiger partial charge is 0.226 e. The first kappa shape index (κ1) is 17.0. The fourth-order valence-electron chi connectivity index (χ4n) is 4.04. The summed E-state index contributed by atoms with van der Waals surface area (Å²) in [6.07, 6.45) is 3.37. The summed E-state index contributed by atoms with van der Waals surface area (Å²) in [5, 5.41) is 3.43. The monoisotopic (exact) mass is 352 g/mol. The Kier molecular flexibility index (Phi) is 4.17. The van der Waals surface area contributed by atoms with Crippen molar-refractivity contribution in [3.05, 3.63) is 54.2 Å². The number of carbonyl (C=O) groups excluding carboxylic acids is 1. The third kappa shape index (κ3) is 2.95. The molecule has 2 aliphatic heterocycles. The Morgan fingerprint density at radius 2 is 2.04 bits per heavy atom. The molecular weight excluding hydrogens is 328 g/mol. The average molecular weight is 352 g/mol. The van der Waals surface area contributed by atoms with E-state index >= 15 is 0 Å². The van der Waals surface area contributed by atoms with Crippen molar-refractivity contribution in [3.63, 3.8) is 0 Å². The molecule has 3 N–H and O–H groups in total. The van der Waals surface area contributed by atoms with Crippen molar-refractivity contribution in [2.45, 2.75) is 25.0 Å². The van der Waals surface area contributed by atoms with Gasteiger partial charge in [-0.25, -0.2) is 4.98 Å². The van der Waals surface area contributed by atoms with Crippen LogP contribution in [-0.2, 0) is 16.1 Å². The Hall–Kier alpha value is -2.44. The number of hydrogen-bond donors (Lipinski definition) is 2. The van der Waals surface area contributed by atoms with Crippen molar-refractivity contribution in [2.24, 2.45) is 11.1 Å². The average Bonchev–Trinajstić information content (AvgIpc) is 3.20. The molecule has 3 fully saturated rings. The van der Waals surface area contributed by atoms with Gasteiger partial charge in [0.15, 0.2) is 0 Å². The topological polar surface area (TPSA) is 80.5 Å². The van der Waals surface area contributed by atoms with E-state index in [2.05, 4.69) is 33.4 Å². The summed E-state index contributed by atoms with van der Waals surface area (Å²) in [4.78, 5) is 18.1. The first-order valence-corrected chi connectivity index (χ1v) is 8.90. The Morgan fingerprint density at radius 3 is 2.65 bits per heavy atom. The zero-order chi connectivity index (χ0) is 18.2. The lowest BCUT2D eigenvalue weighted by atomic mass is 9.62. The van der Waals surface area contributed by atoms with Gasteiger partial charge in [-0.05, 0) is 36.6 Å². The number of anilines is 2. The molecular formula is C20H24N4O2. The summed E-state index contributed by atoms with van der Waals surface area (Å²) in [5.41, 5.74) is 7.07. The SMILES string of the molecule is CN(c1ccccc1)c1ccc(CNCC23CC(C(N)=O)(CO2)C3)cn1. The highest BCUT2D eigenvalue weighted by atomic mass is 16.5. The second kappa shape index (κ2) is 6.37. The van der Waals surface area contributed by atoms with Gasteiger partial charge in [-0.1, -0.05) is 24.3 Å². The van der Waals surface area contributed by atoms with E-state index in [1.54, 1.807) is 0 Å². The van der Waals surface area contributed by atoms with Crippen LogP contribution in [0, 0.1) is 5.41 Å². The standard InChI is InChI=1S/C20H24N4O2/c1-24(16-5-3-2-4-6-16)17-8-7-15(10-23-17)9-22-13-20-11-19(12-20,14-26-20)18(21)25/h2-8,10,22H,9,11-14H2,1H3,(H2,21,25). The molecule has 1 amide bonds. The van der Waals surface area contributed by atoms with Gasteiger partial charge in [0.1, 0.15) is 5.82 Å². The van der Waals surface area contributed by atoms with Crippen molar-refractivity contribution >= 4 is 17.4 Å². The largest absolute Gasteiger partial charge is 0.372 e. The zero-order valence-corrected chi connectivity index (χ0v) is 14.9. The molecule has 2 saturated heterocycles. The highest BCUT2D eigenvalue weighted by Crippen LogP contribution is 2.57. The van der Waals surface area contributed by atoms with Gasteiger partial charge in [0, 0.05) is 32.0 Å². The Bertz CT molecular complexity index is 785. The van der Waals surface area contributed by atoms with Gasteiger partial charge in [0.2, 0.25) is 5.91 Å². The maximum atomic E-state index is 11.5. The third-order valence-corrected chi connectivity index (χ3v) is 5.57. The highest BCUT2D eigenvalue weighted by Gasteiger charge is 2.65. The summed E-state index contributed by atoms with van der Waals surface area (Å²) in [6, 6.07) is 14.3. The van der Waals surface area contributed by atoms with Gasteiger partial charge in [0.05, 0.1) is 17.6 Å². The molecule has 0 unspecified atom stereocenters. The molecule has 1 aliphatic carbocycles. The van der Waals surface area contributed by atoms with Gasteiger partial charge in [-0.2, -0.15) is 0 Å². The number of rotatable bonds is 7. The van der Waals surface area contributed by atoms with E-state index < -0.39 is 5.41 Å². The summed E-state index contributed by atoms with van der Waals surface area (Å²) in [7, 11) is 2.01. The molecule has 0 radical (unpaired) electrons. The Morgan fingerprint density at radius 1 is 1.27 bits per heavy atom. The molecule has 2 bridgehead atoms. The van der Waals surface area contributed by atoms with Crippen LogP contribution in [0.15, 0.2) is 48.7 Å². The first-order chi connectivity index (χ1) is 12.5. The summed E-state index contributed by atoms with van der Waals surface area (Å²) in [6.45, 7) is 1.91. The van der Waals surface area contributed by atoms with E-state index in [-0.39, 0.29) is 11.5 Å². The minimum atomic E-state index is -0.410. The van der Waals surface area contributed by atoms with Crippen LogP contribution in [-0.4, -0.2) is 36.7 Å². The Labute approximate surface area is 153 Å². The van der Waals surface area contributed by atoms with Gasteiger partial charge in [-0.3, -0.25) is 4.79 Å². The number of nitrogens with zero attached hydrogens (tertiary/aromatic N) is 2. The van der Waals surface area contributed by atoms with Crippen molar-refractivity contribution < 1.29 is 9.53 Å². The predicted molar refractivity (Wildman–Crippen MR) is 100.0 cm³/mol. The molecule has 1 aromatic heterocycles. The molecule has 6 nitrogen and oxygen atoms in total. The number of nitrogens with one attached hydrogen (secondary N) is 1. The molecule has 26 heavy (non-hydrogen) atoms. The van der Waals surface area contributed by atoms with Crippen LogP contribution in [0.4, 0.5) is 11.5 Å². The molecule has 1 aromatic carbocycles. The fraction of sp³-hybridized carbons (Fsp3) is 0.400. The van der Waals surface area contributed by atoms with Gasteiger partial charge in [0.25, 0.3) is 0 Å². The van der Waals surface area contributed by atoms with Gasteiger partial charge < -0.3 is 20.7 Å². The molecule has 0 spiro atoms. The van der Waals surface area contributed by atoms with Gasteiger partial charge in [-0.15, -0.1) is 0 Å². The fourth-order valence-corrected chi connectivity index (χ4v) is 4.04. The molecule has 0 atom stereocenters. The van der Waals surface area contributed by atoms with E-state index in [4.69, 9.17) is 10.5 Å². The number of benzene rings is 1. The maximum absolute atomic E-state index is 11.5. The zero-order valence-electron chi connectivity index (χ0n) is 14.9. The van der Waals surface area contributed by atoms with Crippen LogP contribution < -0.4 is 16.0 Å². The van der Waals surface area contributed by atoms with E-state index in [0.717, 1.165) is 43.0 Å². The van der Waals surface area contributed by atoms with E-state index in [0.29, 0.717) is 6.61 Å². The lowest BCUT2D eigenvalue weighted by molar-refractivity contribution is -0.132. The predicted octanol–water partition coefficient (Wildman–Crippen LogP) is 1.97. The second-order valence-corrected chi connectivity index (χ2v) is 7.49. The van der Waals surface area contributed by atoms with Crippen LogP contribution in [0.1, 0.15) is 18.4 Å². The number of para-hydroxylation sites is 1. The van der Waals surface area contributed by atoms with Crippen molar-refractivity contribution in [3.8, 4) is 0 Å². The van der Waals surface area contributed by atoms with Crippen LogP contribution in [0.2, 0.25) is 0 Å². The Balaban J connectivity index is 1.30. The molecule has 5 rings (SSSR count). The van der Waals surface area contributed by atoms with Crippen LogP contribution in [0.3, 0.4) is 0 Å². The van der Waals surface area contributed by atoms with Crippen LogP contribution >= 0.6 is 0 Å². The van der Waals surface area contributed by atoms with E-state index in [1.807, 2.05) is 37.5 Å². The minimum Gasteiger partial charge on any atom is -0.372 e. The molecule has 6 heteroatoms.